The van der Waals surface area contributed by atoms with Crippen LogP contribution in [0.2, 0.25) is 0 Å². The van der Waals surface area contributed by atoms with Crippen LogP contribution in [0.15, 0.2) is 30.6 Å². The van der Waals surface area contributed by atoms with Crippen molar-refractivity contribution in [3.8, 4) is 0 Å². The van der Waals surface area contributed by atoms with Gasteiger partial charge in [0.2, 0.25) is 0 Å². The molecular weight excluding hydrogens is 146 g/mol. The van der Waals surface area contributed by atoms with Crippen molar-refractivity contribution >= 4 is 21.0 Å². The summed E-state index contributed by atoms with van der Waals surface area (Å²) in [7, 11) is 1.86. The second-order valence-corrected chi connectivity index (χ2v) is 4.70. The number of rotatable bonds is 0. The van der Waals surface area contributed by atoms with Gasteiger partial charge in [0.15, 0.2) is 0 Å². The van der Waals surface area contributed by atoms with Crippen LogP contribution in [0, 0.1) is 0 Å². The lowest BCUT2D eigenvalue weighted by atomic mass is 10.5. The molecule has 0 amide bonds. The van der Waals surface area contributed by atoms with Crippen LogP contribution >= 0.6 is 0 Å². The summed E-state index contributed by atoms with van der Waals surface area (Å²) < 4.78 is 4.53. The molecule has 0 saturated carbocycles. The topological polar surface area (TPSA) is 22.1 Å². The van der Waals surface area contributed by atoms with Crippen LogP contribution < -0.4 is 0 Å². The highest BCUT2D eigenvalue weighted by molar-refractivity contribution is 6.15. The summed E-state index contributed by atoms with van der Waals surface area (Å²) in [6.07, 6.45) is 3.50. The molecule has 0 aliphatic carbocycles. The normalized spacial score (nSPS) is 8.00. The number of nitrogens with zero attached hydrogens (tertiary/aromatic N) is 1. The fraction of sp³-hybridized carbons (Fsp3) is 0. The van der Waals surface area contributed by atoms with Gasteiger partial charge in [0.1, 0.15) is 21.0 Å². The zero-order valence-electron chi connectivity index (χ0n) is 5.74. The Morgan fingerprint density at radius 3 is 1.56 bits per heavy atom. The molecule has 50 valence electrons. The quantitative estimate of drug-likeness (QED) is 0.434. The van der Waals surface area contributed by atoms with E-state index in [-0.39, 0.29) is 0 Å². The van der Waals surface area contributed by atoms with E-state index in [1.165, 1.54) is 0 Å². The van der Waals surface area contributed by atoms with Gasteiger partial charge >= 0.3 is 0 Å². The van der Waals surface area contributed by atoms with Gasteiger partial charge in [-0.15, -0.1) is 0 Å². The van der Waals surface area contributed by atoms with E-state index in [4.69, 9.17) is 0 Å². The molecule has 1 heterocycles. The second kappa shape index (κ2) is 7.54. The average molecular weight is 157 g/mol. The average Bonchev–Trinajstić information content (AvgIpc) is 1.93. The Labute approximate surface area is 61.4 Å². The van der Waals surface area contributed by atoms with Gasteiger partial charge in [-0.2, -0.15) is 0 Å². The summed E-state index contributed by atoms with van der Waals surface area (Å²) >= 11 is 0. The van der Waals surface area contributed by atoms with E-state index in [0.717, 1.165) is 21.0 Å². The molecule has 0 aromatic carbocycles. The maximum atomic E-state index is 4.53. The first kappa shape index (κ1) is 8.54. The van der Waals surface area contributed by atoms with Crippen LogP contribution in [0.1, 0.15) is 0 Å². The molecule has 1 aromatic heterocycles. The second-order valence-electron chi connectivity index (χ2n) is 1.43. The summed E-state index contributed by atoms with van der Waals surface area (Å²) in [6.45, 7) is 0. The lowest BCUT2D eigenvalue weighted by molar-refractivity contribution is 0.690. The molecule has 1 aromatic rings. The van der Waals surface area contributed by atoms with Crippen LogP contribution in [-0.2, 0) is 4.12 Å². The lowest BCUT2D eigenvalue weighted by Crippen LogP contribution is -1.65. The van der Waals surface area contributed by atoms with E-state index in [2.05, 4.69) is 9.10 Å². The standard InChI is InChI=1S/C5H5N.H6OSi2/c1-2-4-6-5-3-1;2-1-3/h1-5H;2-3H3. The molecule has 0 atom stereocenters. The number of hydrogen-bond acceptors (Lipinski definition) is 2. The van der Waals surface area contributed by atoms with Gasteiger partial charge < -0.3 is 4.12 Å². The molecule has 2 nitrogen and oxygen atoms in total. The highest BCUT2D eigenvalue weighted by atomic mass is 28.3. The van der Waals surface area contributed by atoms with Crippen LogP contribution in [-0.4, -0.2) is 26.0 Å². The minimum atomic E-state index is 0.931. The van der Waals surface area contributed by atoms with Crippen molar-refractivity contribution in [1.29, 1.82) is 0 Å². The summed E-state index contributed by atoms with van der Waals surface area (Å²) in [5, 5.41) is 0. The van der Waals surface area contributed by atoms with E-state index in [1.807, 2.05) is 18.2 Å². The van der Waals surface area contributed by atoms with E-state index in [0.29, 0.717) is 0 Å². The molecular formula is C5H11NOSi2. The Morgan fingerprint density at radius 1 is 1.00 bits per heavy atom. The third kappa shape index (κ3) is 7.54. The molecule has 0 fully saturated rings. The first-order chi connectivity index (χ1) is 4.41. The fourth-order valence-corrected chi connectivity index (χ4v) is 0.313. The summed E-state index contributed by atoms with van der Waals surface area (Å²) in [5.74, 6) is 0. The van der Waals surface area contributed by atoms with Crippen LogP contribution in [0.25, 0.3) is 0 Å². The molecule has 4 heteroatoms. The van der Waals surface area contributed by atoms with Crippen LogP contribution in [0.3, 0.4) is 0 Å². The molecule has 0 saturated heterocycles. The first-order valence-electron chi connectivity index (χ1n) is 2.67. The Hall–Kier alpha value is -0.456. The molecule has 0 radical (unpaired) electrons. The van der Waals surface area contributed by atoms with Crippen LogP contribution in [0.5, 0.6) is 0 Å². The number of pyridine rings is 1. The third-order valence-corrected chi connectivity index (χ3v) is 0.566. The van der Waals surface area contributed by atoms with Gasteiger partial charge in [0, 0.05) is 12.4 Å². The highest BCUT2D eigenvalue weighted by Gasteiger charge is 1.58. The molecule has 0 spiro atoms. The Morgan fingerprint density at radius 2 is 1.44 bits per heavy atom. The third-order valence-electron chi connectivity index (χ3n) is 0.566. The maximum absolute atomic E-state index is 4.53. The largest absolute Gasteiger partial charge is 0.471 e. The smallest absolute Gasteiger partial charge is 0.129 e. The SMILES string of the molecule is [SiH3]O[SiH3].c1ccncc1. The van der Waals surface area contributed by atoms with Gasteiger partial charge in [-0.05, 0) is 12.1 Å². The molecule has 0 aliphatic heterocycles. The summed E-state index contributed by atoms with van der Waals surface area (Å²) in [5.41, 5.74) is 0. The van der Waals surface area contributed by atoms with Crippen molar-refractivity contribution in [3.05, 3.63) is 30.6 Å². The molecule has 0 aliphatic rings. The van der Waals surface area contributed by atoms with Crippen molar-refractivity contribution in [2.24, 2.45) is 0 Å². The van der Waals surface area contributed by atoms with E-state index in [9.17, 15) is 0 Å². The van der Waals surface area contributed by atoms with Gasteiger partial charge in [-0.3, -0.25) is 4.98 Å². The lowest BCUT2D eigenvalue weighted by Gasteiger charge is -1.70. The first-order valence-corrected chi connectivity index (χ1v) is 4.30. The molecule has 9 heavy (non-hydrogen) atoms. The minimum absolute atomic E-state index is 0.931. The van der Waals surface area contributed by atoms with E-state index in [1.54, 1.807) is 12.4 Å². The van der Waals surface area contributed by atoms with Gasteiger partial charge in [-0.1, -0.05) is 6.07 Å². The van der Waals surface area contributed by atoms with Crippen LogP contribution in [0.4, 0.5) is 0 Å². The minimum Gasteiger partial charge on any atom is -0.471 e. The molecule has 1 rings (SSSR count). The van der Waals surface area contributed by atoms with Crippen molar-refractivity contribution in [2.45, 2.75) is 0 Å². The Bertz CT molecular complexity index is 97.8. The Balaban J connectivity index is 0.000000187. The van der Waals surface area contributed by atoms with E-state index < -0.39 is 0 Å². The predicted molar refractivity (Wildman–Crippen MR) is 45.2 cm³/mol. The van der Waals surface area contributed by atoms with Gasteiger partial charge in [-0.25, -0.2) is 0 Å². The fourth-order valence-electron chi connectivity index (χ4n) is 0.313. The summed E-state index contributed by atoms with van der Waals surface area (Å²) in [6, 6.07) is 5.72. The monoisotopic (exact) mass is 157 g/mol. The number of aromatic nitrogens is 1. The highest BCUT2D eigenvalue weighted by Crippen LogP contribution is 1.73. The molecule has 0 N–H and O–H groups in total. The van der Waals surface area contributed by atoms with Crippen molar-refractivity contribution in [1.82, 2.24) is 4.98 Å². The molecule has 0 bridgehead atoms. The number of hydrogen-bond donors (Lipinski definition) is 0. The maximum Gasteiger partial charge on any atom is 0.129 e. The van der Waals surface area contributed by atoms with Gasteiger partial charge in [0.25, 0.3) is 0 Å². The summed E-state index contributed by atoms with van der Waals surface area (Å²) in [4.78, 5) is 3.78. The van der Waals surface area contributed by atoms with Crippen molar-refractivity contribution in [2.75, 3.05) is 0 Å². The van der Waals surface area contributed by atoms with Crippen molar-refractivity contribution in [3.63, 3.8) is 0 Å². The molecule has 0 unspecified atom stereocenters. The Kier molecular flexibility index (Phi) is 7.16. The van der Waals surface area contributed by atoms with Gasteiger partial charge in [0.05, 0.1) is 0 Å². The van der Waals surface area contributed by atoms with Crippen molar-refractivity contribution < 1.29 is 4.12 Å². The van der Waals surface area contributed by atoms with E-state index >= 15 is 0 Å². The predicted octanol–water partition coefficient (Wildman–Crippen LogP) is -1.35. The zero-order chi connectivity index (χ0) is 6.95. The zero-order valence-corrected chi connectivity index (χ0v) is 9.74.